The zero-order valence-corrected chi connectivity index (χ0v) is 9.43. The molecule has 1 aromatic carbocycles. The third-order valence-corrected chi connectivity index (χ3v) is 3.10. The Morgan fingerprint density at radius 3 is 2.93 bits per heavy atom. The third kappa shape index (κ3) is 3.00. The molecule has 0 bridgehead atoms. The average molecular weight is 221 g/mol. The fraction of sp³-hybridized carbons (Fsp3) is 0.273. The number of aryl methyl sites for hydroxylation is 1. The molecule has 0 heterocycles. The number of methoxy groups -OCH3 is 1. The molecule has 0 aliphatic heterocycles. The van der Waals surface area contributed by atoms with Gasteiger partial charge in [0.1, 0.15) is 6.07 Å². The maximum atomic E-state index is 11.0. The van der Waals surface area contributed by atoms with E-state index in [9.17, 15) is 4.79 Å². The van der Waals surface area contributed by atoms with Crippen LogP contribution >= 0.6 is 11.8 Å². The molecule has 15 heavy (non-hydrogen) atoms. The van der Waals surface area contributed by atoms with Gasteiger partial charge in [0.25, 0.3) is 0 Å². The van der Waals surface area contributed by atoms with Crippen LogP contribution in [0, 0.1) is 18.3 Å². The van der Waals surface area contributed by atoms with E-state index in [-0.39, 0.29) is 11.7 Å². The lowest BCUT2D eigenvalue weighted by Gasteiger charge is -2.06. The predicted molar refractivity (Wildman–Crippen MR) is 58.6 cm³/mol. The van der Waals surface area contributed by atoms with Crippen molar-refractivity contribution in [1.82, 2.24) is 0 Å². The van der Waals surface area contributed by atoms with E-state index in [0.717, 1.165) is 10.5 Å². The van der Waals surface area contributed by atoms with Gasteiger partial charge in [-0.25, -0.2) is 0 Å². The molecule has 3 nitrogen and oxygen atoms in total. The summed E-state index contributed by atoms with van der Waals surface area (Å²) in [5.41, 5.74) is 1.60. The van der Waals surface area contributed by atoms with E-state index < -0.39 is 0 Å². The molecule has 0 N–H and O–H groups in total. The number of nitrogens with zero attached hydrogens (tertiary/aromatic N) is 1. The number of carbonyl (C=O) groups excluding carboxylic acids is 1. The van der Waals surface area contributed by atoms with Crippen molar-refractivity contribution < 1.29 is 9.53 Å². The van der Waals surface area contributed by atoms with Gasteiger partial charge in [0.15, 0.2) is 0 Å². The largest absolute Gasteiger partial charge is 0.468 e. The van der Waals surface area contributed by atoms with E-state index >= 15 is 0 Å². The topological polar surface area (TPSA) is 50.1 Å². The van der Waals surface area contributed by atoms with Gasteiger partial charge in [-0.15, -0.1) is 11.8 Å². The normalized spacial score (nSPS) is 9.40. The molecule has 0 fully saturated rings. The summed E-state index contributed by atoms with van der Waals surface area (Å²) in [7, 11) is 1.35. The van der Waals surface area contributed by atoms with E-state index in [1.165, 1.54) is 18.9 Å². The molecule has 0 saturated carbocycles. The second-order valence-electron chi connectivity index (χ2n) is 2.93. The van der Waals surface area contributed by atoms with Crippen molar-refractivity contribution in [2.45, 2.75) is 11.8 Å². The lowest BCUT2D eigenvalue weighted by molar-refractivity contribution is -0.137. The van der Waals surface area contributed by atoms with Crippen LogP contribution in [-0.4, -0.2) is 18.8 Å². The smallest absolute Gasteiger partial charge is 0.315 e. The highest BCUT2D eigenvalue weighted by Gasteiger charge is 2.08. The lowest BCUT2D eigenvalue weighted by Crippen LogP contribution is -2.03. The number of rotatable bonds is 3. The molecule has 0 radical (unpaired) electrons. The van der Waals surface area contributed by atoms with Crippen molar-refractivity contribution >= 4 is 17.7 Å². The van der Waals surface area contributed by atoms with E-state index in [4.69, 9.17) is 5.26 Å². The standard InChI is InChI=1S/C11H11NO2S/c1-8-4-3-5-9(6-12)11(8)15-7-10(13)14-2/h3-5H,7H2,1-2H3. The van der Waals surface area contributed by atoms with Crippen molar-refractivity contribution in [1.29, 1.82) is 5.26 Å². The first kappa shape index (κ1) is 11.6. The highest BCUT2D eigenvalue weighted by Crippen LogP contribution is 2.26. The molecule has 0 saturated heterocycles. The summed E-state index contributed by atoms with van der Waals surface area (Å²) >= 11 is 1.33. The Balaban J connectivity index is 2.84. The van der Waals surface area contributed by atoms with Crippen LogP contribution in [-0.2, 0) is 9.53 Å². The highest BCUT2D eigenvalue weighted by molar-refractivity contribution is 8.00. The second-order valence-corrected chi connectivity index (χ2v) is 3.91. The minimum absolute atomic E-state index is 0.232. The second kappa shape index (κ2) is 5.42. The molecule has 78 valence electrons. The Morgan fingerprint density at radius 2 is 2.33 bits per heavy atom. The Morgan fingerprint density at radius 1 is 1.60 bits per heavy atom. The van der Waals surface area contributed by atoms with Crippen LogP contribution in [0.15, 0.2) is 23.1 Å². The summed E-state index contributed by atoms with van der Waals surface area (Å²) in [5.74, 6) is -0.0529. The number of carbonyl (C=O) groups is 1. The number of benzene rings is 1. The quantitative estimate of drug-likeness (QED) is 0.579. The van der Waals surface area contributed by atoms with Gasteiger partial charge in [-0.2, -0.15) is 5.26 Å². The first-order valence-electron chi connectivity index (χ1n) is 4.38. The third-order valence-electron chi connectivity index (χ3n) is 1.89. The van der Waals surface area contributed by atoms with Crippen LogP contribution in [0.2, 0.25) is 0 Å². The molecule has 0 unspecified atom stereocenters. The van der Waals surface area contributed by atoms with E-state index in [2.05, 4.69) is 10.8 Å². The highest BCUT2D eigenvalue weighted by atomic mass is 32.2. The summed E-state index contributed by atoms with van der Waals surface area (Å²) in [6.45, 7) is 1.92. The minimum atomic E-state index is -0.285. The van der Waals surface area contributed by atoms with Crippen LogP contribution in [0.5, 0.6) is 0 Å². The van der Waals surface area contributed by atoms with Crippen molar-refractivity contribution in [2.75, 3.05) is 12.9 Å². The average Bonchev–Trinajstić information content (AvgIpc) is 2.26. The van der Waals surface area contributed by atoms with E-state index in [1.54, 1.807) is 6.07 Å². The Kier molecular flexibility index (Phi) is 4.19. The van der Waals surface area contributed by atoms with Gasteiger partial charge in [-0.05, 0) is 18.6 Å². The summed E-state index contributed by atoms with van der Waals surface area (Å²) in [4.78, 5) is 11.8. The number of hydrogen-bond donors (Lipinski definition) is 0. The molecule has 4 heteroatoms. The first-order valence-corrected chi connectivity index (χ1v) is 5.37. The zero-order chi connectivity index (χ0) is 11.3. The fourth-order valence-electron chi connectivity index (χ4n) is 1.12. The Bertz CT molecular complexity index is 410. The zero-order valence-electron chi connectivity index (χ0n) is 8.61. The number of ether oxygens (including phenoxy) is 1. The summed E-state index contributed by atoms with van der Waals surface area (Å²) in [6.07, 6.45) is 0. The van der Waals surface area contributed by atoms with Crippen LogP contribution in [0.3, 0.4) is 0 Å². The van der Waals surface area contributed by atoms with Gasteiger partial charge >= 0.3 is 5.97 Å². The summed E-state index contributed by atoms with van der Waals surface area (Å²) < 4.78 is 4.54. The number of hydrogen-bond acceptors (Lipinski definition) is 4. The Hall–Kier alpha value is -1.47. The maximum Gasteiger partial charge on any atom is 0.315 e. The lowest BCUT2D eigenvalue weighted by atomic mass is 10.1. The van der Waals surface area contributed by atoms with E-state index in [0.29, 0.717) is 5.56 Å². The van der Waals surface area contributed by atoms with Gasteiger partial charge in [-0.1, -0.05) is 12.1 Å². The van der Waals surface area contributed by atoms with Gasteiger partial charge in [0.2, 0.25) is 0 Å². The van der Waals surface area contributed by atoms with Crippen LogP contribution in [0.4, 0.5) is 0 Å². The number of thioether (sulfide) groups is 1. The van der Waals surface area contributed by atoms with Crippen LogP contribution in [0.25, 0.3) is 0 Å². The molecule has 0 aliphatic rings. The van der Waals surface area contributed by atoms with Gasteiger partial charge in [0.05, 0.1) is 18.4 Å². The minimum Gasteiger partial charge on any atom is -0.468 e. The van der Waals surface area contributed by atoms with Gasteiger partial charge in [0, 0.05) is 4.90 Å². The molecule has 1 aromatic rings. The maximum absolute atomic E-state index is 11.0. The van der Waals surface area contributed by atoms with Crippen molar-refractivity contribution in [3.63, 3.8) is 0 Å². The molecular weight excluding hydrogens is 210 g/mol. The van der Waals surface area contributed by atoms with E-state index in [1.807, 2.05) is 19.1 Å². The predicted octanol–water partition coefficient (Wildman–Crippen LogP) is 2.13. The van der Waals surface area contributed by atoms with Crippen LogP contribution in [0.1, 0.15) is 11.1 Å². The molecule has 0 spiro atoms. The molecule has 0 amide bonds. The first-order chi connectivity index (χ1) is 7.19. The Labute approximate surface area is 93.0 Å². The number of nitriles is 1. The summed E-state index contributed by atoms with van der Waals surface area (Å²) in [5, 5.41) is 8.89. The molecule has 0 aromatic heterocycles. The van der Waals surface area contributed by atoms with Gasteiger partial charge < -0.3 is 4.74 Å². The molecule has 1 rings (SSSR count). The van der Waals surface area contributed by atoms with Crippen LogP contribution < -0.4 is 0 Å². The summed E-state index contributed by atoms with van der Waals surface area (Å²) in [6, 6.07) is 7.59. The monoisotopic (exact) mass is 221 g/mol. The molecule has 0 aliphatic carbocycles. The molecule has 0 atom stereocenters. The SMILES string of the molecule is COC(=O)CSc1c(C)cccc1C#N. The fourth-order valence-corrected chi connectivity index (χ4v) is 2.07. The van der Waals surface area contributed by atoms with Crippen molar-refractivity contribution in [2.24, 2.45) is 0 Å². The number of esters is 1. The van der Waals surface area contributed by atoms with Crippen molar-refractivity contribution in [3.8, 4) is 6.07 Å². The molecular formula is C11H11NO2S. The van der Waals surface area contributed by atoms with Crippen molar-refractivity contribution in [3.05, 3.63) is 29.3 Å². The van der Waals surface area contributed by atoms with Gasteiger partial charge in [-0.3, -0.25) is 4.79 Å².